The Morgan fingerprint density at radius 2 is 1.86 bits per heavy atom. The highest BCUT2D eigenvalue weighted by Crippen LogP contribution is 2.29. The van der Waals surface area contributed by atoms with Gasteiger partial charge in [-0.1, -0.05) is 30.3 Å². The first-order valence-electron chi connectivity index (χ1n) is 6.63. The first-order chi connectivity index (χ1) is 10.7. The van der Waals surface area contributed by atoms with Crippen LogP contribution in [0.1, 0.15) is 11.1 Å². The second-order valence-electron chi connectivity index (χ2n) is 4.41. The molecule has 0 N–H and O–H groups in total. The Kier molecular flexibility index (Phi) is 5.38. The number of ether oxygens (including phenoxy) is 3. The van der Waals surface area contributed by atoms with Gasteiger partial charge in [-0.15, -0.1) is 0 Å². The Morgan fingerprint density at radius 1 is 1.09 bits per heavy atom. The van der Waals surface area contributed by atoms with E-state index >= 15 is 0 Å². The zero-order chi connectivity index (χ0) is 15.8. The fraction of sp³-hybridized carbons (Fsp3) is 0.176. The molecule has 2 aromatic carbocycles. The number of esters is 1. The Balaban J connectivity index is 2.11. The monoisotopic (exact) mass is 297 g/mol. The number of methoxy groups -OCH3 is 1. The number of hydrogen-bond donors (Lipinski definition) is 0. The van der Waals surface area contributed by atoms with E-state index in [1.165, 1.54) is 13.2 Å². The molecule has 0 fully saturated rings. The van der Waals surface area contributed by atoms with Gasteiger partial charge >= 0.3 is 5.97 Å². The maximum atomic E-state index is 11.2. The lowest BCUT2D eigenvalue weighted by molar-refractivity contribution is -0.142. The van der Waals surface area contributed by atoms with Crippen molar-refractivity contribution in [1.29, 1.82) is 5.26 Å². The molecule has 0 aromatic heterocycles. The maximum Gasteiger partial charge on any atom is 0.343 e. The van der Waals surface area contributed by atoms with Gasteiger partial charge in [0.1, 0.15) is 6.61 Å². The number of benzene rings is 2. The molecule has 0 bridgehead atoms. The smallest absolute Gasteiger partial charge is 0.343 e. The second-order valence-corrected chi connectivity index (χ2v) is 4.41. The fourth-order valence-corrected chi connectivity index (χ4v) is 1.74. The van der Waals surface area contributed by atoms with Gasteiger partial charge in [0.15, 0.2) is 18.1 Å². The molecule has 5 heteroatoms. The molecule has 0 saturated heterocycles. The summed E-state index contributed by atoms with van der Waals surface area (Å²) in [7, 11) is 1.28. The molecule has 0 unspecified atom stereocenters. The zero-order valence-electron chi connectivity index (χ0n) is 12.1. The van der Waals surface area contributed by atoms with Crippen LogP contribution >= 0.6 is 0 Å². The molecule has 2 rings (SSSR count). The Hall–Kier alpha value is -3.00. The lowest BCUT2D eigenvalue weighted by Gasteiger charge is -2.12. The lowest BCUT2D eigenvalue weighted by atomic mass is 10.2. The fourth-order valence-electron chi connectivity index (χ4n) is 1.74. The minimum absolute atomic E-state index is 0.243. The van der Waals surface area contributed by atoms with Crippen LogP contribution in [0.4, 0.5) is 0 Å². The number of hydrogen-bond acceptors (Lipinski definition) is 5. The molecule has 0 atom stereocenters. The molecular weight excluding hydrogens is 282 g/mol. The SMILES string of the molecule is COC(=O)COc1cc(C#N)ccc1OCc1ccccc1. The highest BCUT2D eigenvalue weighted by atomic mass is 16.6. The van der Waals surface area contributed by atoms with Crippen LogP contribution in [0.3, 0.4) is 0 Å². The van der Waals surface area contributed by atoms with Gasteiger partial charge in [-0.05, 0) is 17.7 Å². The molecule has 22 heavy (non-hydrogen) atoms. The number of rotatable bonds is 6. The summed E-state index contributed by atoms with van der Waals surface area (Å²) < 4.78 is 15.6. The summed E-state index contributed by atoms with van der Waals surface area (Å²) in [5, 5.41) is 8.95. The number of carbonyl (C=O) groups excluding carboxylic acids is 1. The van der Waals surface area contributed by atoms with E-state index in [9.17, 15) is 4.79 Å². The minimum atomic E-state index is -0.503. The number of nitriles is 1. The second kappa shape index (κ2) is 7.70. The molecule has 0 aliphatic carbocycles. The van der Waals surface area contributed by atoms with Crippen LogP contribution in [0, 0.1) is 11.3 Å². The highest BCUT2D eigenvalue weighted by molar-refractivity contribution is 5.71. The van der Waals surface area contributed by atoms with E-state index < -0.39 is 5.97 Å². The molecule has 0 spiro atoms. The summed E-state index contributed by atoms with van der Waals surface area (Å²) in [4.78, 5) is 11.2. The van der Waals surface area contributed by atoms with Crippen molar-refractivity contribution in [2.45, 2.75) is 6.61 Å². The van der Waals surface area contributed by atoms with Crippen molar-refractivity contribution >= 4 is 5.97 Å². The lowest BCUT2D eigenvalue weighted by Crippen LogP contribution is -2.13. The van der Waals surface area contributed by atoms with E-state index in [0.717, 1.165) is 5.56 Å². The molecule has 0 saturated carbocycles. The van der Waals surface area contributed by atoms with Gasteiger partial charge < -0.3 is 14.2 Å². The predicted molar refractivity (Wildman–Crippen MR) is 79.4 cm³/mol. The van der Waals surface area contributed by atoms with Crippen molar-refractivity contribution in [3.05, 3.63) is 59.7 Å². The molecule has 0 heterocycles. The molecule has 0 aliphatic heterocycles. The van der Waals surface area contributed by atoms with Crippen LogP contribution in [0.15, 0.2) is 48.5 Å². The summed E-state index contributed by atoms with van der Waals surface area (Å²) in [6, 6.07) is 16.5. The van der Waals surface area contributed by atoms with Gasteiger partial charge in [0.05, 0.1) is 18.7 Å². The van der Waals surface area contributed by atoms with Crippen molar-refractivity contribution in [3.63, 3.8) is 0 Å². The van der Waals surface area contributed by atoms with E-state index in [2.05, 4.69) is 4.74 Å². The first-order valence-corrected chi connectivity index (χ1v) is 6.63. The van der Waals surface area contributed by atoms with Crippen molar-refractivity contribution in [3.8, 4) is 17.6 Å². The van der Waals surface area contributed by atoms with Crippen LogP contribution in [-0.2, 0) is 16.1 Å². The standard InChI is InChI=1S/C17H15NO4/c1-20-17(19)12-22-16-9-14(10-18)7-8-15(16)21-11-13-5-3-2-4-6-13/h2-9H,11-12H2,1H3. The maximum absolute atomic E-state index is 11.2. The molecule has 112 valence electrons. The average molecular weight is 297 g/mol. The third-order valence-corrected chi connectivity index (χ3v) is 2.88. The molecule has 0 aliphatic rings. The van der Waals surface area contributed by atoms with E-state index in [0.29, 0.717) is 23.7 Å². The quantitative estimate of drug-likeness (QED) is 0.767. The van der Waals surface area contributed by atoms with Gasteiger partial charge in [0.2, 0.25) is 0 Å². The summed E-state index contributed by atoms with van der Waals surface area (Å²) >= 11 is 0. The summed E-state index contributed by atoms with van der Waals surface area (Å²) in [5.74, 6) is 0.295. The zero-order valence-corrected chi connectivity index (χ0v) is 12.1. The van der Waals surface area contributed by atoms with Crippen LogP contribution in [0.25, 0.3) is 0 Å². The Morgan fingerprint density at radius 3 is 2.55 bits per heavy atom. The van der Waals surface area contributed by atoms with Gasteiger partial charge in [-0.25, -0.2) is 4.79 Å². The molecular formula is C17H15NO4. The molecule has 0 amide bonds. The van der Waals surface area contributed by atoms with E-state index in [4.69, 9.17) is 14.7 Å². The normalized spacial score (nSPS) is 9.64. The van der Waals surface area contributed by atoms with Crippen molar-refractivity contribution in [2.24, 2.45) is 0 Å². The molecule has 0 radical (unpaired) electrons. The van der Waals surface area contributed by atoms with Crippen LogP contribution in [0.2, 0.25) is 0 Å². The Labute approximate surface area is 128 Å². The molecule has 5 nitrogen and oxygen atoms in total. The van der Waals surface area contributed by atoms with Crippen molar-refractivity contribution < 1.29 is 19.0 Å². The van der Waals surface area contributed by atoms with Crippen LogP contribution in [-0.4, -0.2) is 19.7 Å². The van der Waals surface area contributed by atoms with E-state index in [-0.39, 0.29) is 6.61 Å². The number of carbonyl (C=O) groups is 1. The average Bonchev–Trinajstić information content (AvgIpc) is 2.58. The minimum Gasteiger partial charge on any atom is -0.485 e. The third-order valence-electron chi connectivity index (χ3n) is 2.88. The first kappa shape index (κ1) is 15.4. The van der Waals surface area contributed by atoms with Crippen LogP contribution in [0.5, 0.6) is 11.5 Å². The highest BCUT2D eigenvalue weighted by Gasteiger charge is 2.10. The largest absolute Gasteiger partial charge is 0.485 e. The van der Waals surface area contributed by atoms with Gasteiger partial charge in [0, 0.05) is 6.07 Å². The molecule has 2 aromatic rings. The summed E-state index contributed by atoms with van der Waals surface area (Å²) in [5.41, 5.74) is 1.43. The van der Waals surface area contributed by atoms with Crippen molar-refractivity contribution in [2.75, 3.05) is 13.7 Å². The van der Waals surface area contributed by atoms with Gasteiger partial charge in [0.25, 0.3) is 0 Å². The third kappa shape index (κ3) is 4.25. The van der Waals surface area contributed by atoms with Crippen LogP contribution < -0.4 is 9.47 Å². The summed E-state index contributed by atoms with van der Waals surface area (Å²) in [6.45, 7) is 0.119. The number of nitrogens with zero attached hydrogens (tertiary/aromatic N) is 1. The van der Waals surface area contributed by atoms with Gasteiger partial charge in [-0.3, -0.25) is 0 Å². The van der Waals surface area contributed by atoms with Gasteiger partial charge in [-0.2, -0.15) is 5.26 Å². The van der Waals surface area contributed by atoms with Crippen molar-refractivity contribution in [1.82, 2.24) is 0 Å². The topological polar surface area (TPSA) is 68.5 Å². The Bertz CT molecular complexity index is 677. The summed E-state index contributed by atoms with van der Waals surface area (Å²) in [6.07, 6.45) is 0. The predicted octanol–water partition coefficient (Wildman–Crippen LogP) is 2.69. The van der Waals surface area contributed by atoms with E-state index in [1.54, 1.807) is 12.1 Å². The van der Waals surface area contributed by atoms with E-state index in [1.807, 2.05) is 36.4 Å².